The van der Waals surface area contributed by atoms with E-state index < -0.39 is 0 Å². The normalized spacial score (nSPS) is 23.0. The molecule has 3 rings (SSSR count). The number of hydrogen-bond acceptors (Lipinski definition) is 4. The van der Waals surface area contributed by atoms with Gasteiger partial charge >= 0.3 is 5.97 Å². The Kier molecular flexibility index (Phi) is 5.38. The summed E-state index contributed by atoms with van der Waals surface area (Å²) in [6.45, 7) is 2.24. The number of nitrogens with one attached hydrogen (secondary N) is 1. The van der Waals surface area contributed by atoms with Crippen molar-refractivity contribution in [3.05, 3.63) is 18.2 Å². The Hall–Kier alpha value is -2.04. The smallest absolute Gasteiger partial charge is 0.314 e. The largest absolute Gasteiger partial charge is 0.482 e. The van der Waals surface area contributed by atoms with Crippen LogP contribution in [0.25, 0.3) is 0 Å². The minimum Gasteiger partial charge on any atom is -0.482 e. The molecular formula is C19H25NO4. The number of hydrogen-bond donors (Lipinski definition) is 1. The lowest BCUT2D eigenvalue weighted by molar-refractivity contribution is -0.140. The van der Waals surface area contributed by atoms with Crippen LogP contribution in [0.2, 0.25) is 0 Å². The first kappa shape index (κ1) is 16.8. The van der Waals surface area contributed by atoms with E-state index in [4.69, 9.17) is 9.47 Å². The fourth-order valence-corrected chi connectivity index (χ4v) is 3.50. The van der Waals surface area contributed by atoms with E-state index in [-0.39, 0.29) is 24.4 Å². The van der Waals surface area contributed by atoms with Crippen molar-refractivity contribution in [2.24, 2.45) is 11.8 Å². The second-order valence-electron chi connectivity index (χ2n) is 6.78. The van der Waals surface area contributed by atoms with Crippen LogP contribution in [0.1, 0.15) is 51.9 Å². The second kappa shape index (κ2) is 7.69. The van der Waals surface area contributed by atoms with Crippen LogP contribution < -0.4 is 14.8 Å². The first-order valence-corrected chi connectivity index (χ1v) is 8.94. The third kappa shape index (κ3) is 4.08. The first-order valence-electron chi connectivity index (χ1n) is 8.94. The number of anilines is 1. The van der Waals surface area contributed by atoms with Gasteiger partial charge < -0.3 is 14.8 Å². The number of fused-ring (bicyclic) bond motifs is 1. The number of carbonyl (C=O) groups excluding carboxylic acids is 2. The van der Waals surface area contributed by atoms with Crippen LogP contribution in [0.3, 0.4) is 0 Å². The number of unbranched alkanes of at least 4 members (excludes halogenated alkanes) is 1. The molecule has 5 heteroatoms. The van der Waals surface area contributed by atoms with E-state index in [1.165, 1.54) is 19.3 Å². The Labute approximate surface area is 142 Å². The number of ether oxygens (including phenoxy) is 2. The number of rotatable bonds is 5. The van der Waals surface area contributed by atoms with Gasteiger partial charge in [0.1, 0.15) is 11.5 Å². The lowest BCUT2D eigenvalue weighted by atomic mass is 9.80. The monoisotopic (exact) mass is 331 g/mol. The fourth-order valence-electron chi connectivity index (χ4n) is 3.50. The molecule has 0 radical (unpaired) electrons. The minimum atomic E-state index is -0.198. The van der Waals surface area contributed by atoms with Gasteiger partial charge in [-0.3, -0.25) is 9.59 Å². The van der Waals surface area contributed by atoms with Gasteiger partial charge in [-0.15, -0.1) is 0 Å². The Morgan fingerprint density at radius 3 is 2.83 bits per heavy atom. The molecule has 1 amide bonds. The Morgan fingerprint density at radius 2 is 2.08 bits per heavy atom. The maximum absolute atomic E-state index is 12.4. The molecule has 24 heavy (non-hydrogen) atoms. The number of benzene rings is 1. The van der Waals surface area contributed by atoms with Gasteiger partial charge in [0.25, 0.3) is 5.91 Å². The summed E-state index contributed by atoms with van der Waals surface area (Å²) in [5.74, 6) is 1.46. The molecule has 1 saturated carbocycles. The van der Waals surface area contributed by atoms with Crippen molar-refractivity contribution in [3.63, 3.8) is 0 Å². The van der Waals surface area contributed by atoms with Gasteiger partial charge in [-0.25, -0.2) is 0 Å². The molecule has 0 atom stereocenters. The van der Waals surface area contributed by atoms with E-state index >= 15 is 0 Å². The van der Waals surface area contributed by atoms with Crippen molar-refractivity contribution in [2.75, 3.05) is 11.9 Å². The summed E-state index contributed by atoms with van der Waals surface area (Å²) in [4.78, 5) is 23.7. The van der Waals surface area contributed by atoms with Crippen LogP contribution in [-0.2, 0) is 9.59 Å². The van der Waals surface area contributed by atoms with Crippen molar-refractivity contribution >= 4 is 17.6 Å². The topological polar surface area (TPSA) is 64.6 Å². The molecule has 1 aliphatic heterocycles. The van der Waals surface area contributed by atoms with Gasteiger partial charge in [0, 0.05) is 6.07 Å². The van der Waals surface area contributed by atoms with E-state index in [1.807, 2.05) is 0 Å². The number of carbonyl (C=O) groups is 2. The van der Waals surface area contributed by atoms with E-state index in [2.05, 4.69) is 12.2 Å². The van der Waals surface area contributed by atoms with Crippen LogP contribution >= 0.6 is 0 Å². The van der Waals surface area contributed by atoms with Crippen molar-refractivity contribution in [1.29, 1.82) is 0 Å². The average molecular weight is 331 g/mol. The molecule has 0 spiro atoms. The second-order valence-corrected chi connectivity index (χ2v) is 6.78. The highest BCUT2D eigenvalue weighted by Crippen LogP contribution is 2.34. The molecular weight excluding hydrogens is 306 g/mol. The third-order valence-corrected chi connectivity index (χ3v) is 4.95. The van der Waals surface area contributed by atoms with Crippen molar-refractivity contribution < 1.29 is 19.1 Å². The van der Waals surface area contributed by atoms with Crippen molar-refractivity contribution in [2.45, 2.75) is 51.9 Å². The molecule has 2 aliphatic rings. The van der Waals surface area contributed by atoms with Crippen LogP contribution in [0, 0.1) is 11.8 Å². The molecule has 1 heterocycles. The summed E-state index contributed by atoms with van der Waals surface area (Å²) in [5.41, 5.74) is 0.555. The molecule has 0 bridgehead atoms. The van der Waals surface area contributed by atoms with Gasteiger partial charge in [-0.05, 0) is 43.7 Å². The lowest BCUT2D eigenvalue weighted by Gasteiger charge is -2.27. The molecule has 130 valence electrons. The van der Waals surface area contributed by atoms with E-state index in [1.54, 1.807) is 18.2 Å². The van der Waals surface area contributed by atoms with Crippen molar-refractivity contribution in [1.82, 2.24) is 0 Å². The number of amides is 1. The van der Waals surface area contributed by atoms with Gasteiger partial charge in [0.2, 0.25) is 0 Å². The molecule has 1 fully saturated rings. The highest BCUT2D eigenvalue weighted by atomic mass is 16.5. The van der Waals surface area contributed by atoms with Gasteiger partial charge in [-0.1, -0.05) is 26.2 Å². The maximum Gasteiger partial charge on any atom is 0.314 e. The highest BCUT2D eigenvalue weighted by Gasteiger charge is 2.27. The zero-order valence-electron chi connectivity index (χ0n) is 14.2. The summed E-state index contributed by atoms with van der Waals surface area (Å²) in [6.07, 6.45) is 7.86. The summed E-state index contributed by atoms with van der Waals surface area (Å²) in [6, 6.07) is 5.08. The Bertz CT molecular complexity index is 605. The third-order valence-electron chi connectivity index (χ3n) is 4.95. The predicted octanol–water partition coefficient (Wildman–Crippen LogP) is 3.92. The number of esters is 1. The quantitative estimate of drug-likeness (QED) is 0.656. The predicted molar refractivity (Wildman–Crippen MR) is 91.2 cm³/mol. The molecule has 1 aromatic carbocycles. The highest BCUT2D eigenvalue weighted by molar-refractivity contribution is 5.95. The van der Waals surface area contributed by atoms with Crippen LogP contribution in [-0.4, -0.2) is 18.5 Å². The van der Waals surface area contributed by atoms with E-state index in [0.717, 1.165) is 31.6 Å². The van der Waals surface area contributed by atoms with E-state index in [0.29, 0.717) is 17.2 Å². The molecule has 0 aromatic heterocycles. The molecule has 1 aromatic rings. The zero-order valence-corrected chi connectivity index (χ0v) is 14.2. The maximum atomic E-state index is 12.4. The van der Waals surface area contributed by atoms with Crippen molar-refractivity contribution in [3.8, 4) is 11.5 Å². The zero-order chi connectivity index (χ0) is 16.9. The van der Waals surface area contributed by atoms with Crippen LogP contribution in [0.5, 0.6) is 11.5 Å². The summed E-state index contributed by atoms with van der Waals surface area (Å²) in [5, 5.41) is 2.72. The average Bonchev–Trinajstić information content (AvgIpc) is 2.60. The van der Waals surface area contributed by atoms with E-state index in [9.17, 15) is 9.59 Å². The summed E-state index contributed by atoms with van der Waals surface area (Å²) >= 11 is 0. The SMILES string of the molecule is CCCCC1CCC(C(=O)Oc2ccc3c(c2)NC(=O)CO3)CC1. The van der Waals surface area contributed by atoms with Crippen LogP contribution in [0.15, 0.2) is 18.2 Å². The minimum absolute atomic E-state index is 0.00949. The van der Waals surface area contributed by atoms with Gasteiger partial charge in [-0.2, -0.15) is 0 Å². The first-order chi connectivity index (χ1) is 11.7. The summed E-state index contributed by atoms with van der Waals surface area (Å²) in [7, 11) is 0. The van der Waals surface area contributed by atoms with Gasteiger partial charge in [0.05, 0.1) is 11.6 Å². The standard InChI is InChI=1S/C19H25NO4/c1-2-3-4-13-5-7-14(8-6-13)19(22)24-15-9-10-17-16(11-15)20-18(21)12-23-17/h9-11,13-14H,2-8,12H2,1H3,(H,20,21). The summed E-state index contributed by atoms with van der Waals surface area (Å²) < 4.78 is 10.8. The molecule has 1 aliphatic carbocycles. The molecule has 5 nitrogen and oxygen atoms in total. The van der Waals surface area contributed by atoms with Crippen LogP contribution in [0.4, 0.5) is 5.69 Å². The lowest BCUT2D eigenvalue weighted by Crippen LogP contribution is -2.26. The Balaban J connectivity index is 1.54. The molecule has 1 N–H and O–H groups in total. The molecule has 0 unspecified atom stereocenters. The van der Waals surface area contributed by atoms with Gasteiger partial charge in [0.15, 0.2) is 6.61 Å². The fraction of sp³-hybridized carbons (Fsp3) is 0.579. The Morgan fingerprint density at radius 1 is 1.29 bits per heavy atom. The molecule has 0 saturated heterocycles.